The standard InChI is InChI=1S/C20H21N7O4/c1-11(2)18(29)24-14-7-12(9-21)3-4-13(14)15-8-16-20(31)26(5-6-27(16)25-15)10-23-19(30)17(22)28/h3-4,7-8,11H,5-6,10H2,1-2H3,(H2,22,28)(H,23,30)(H,24,29). The van der Waals surface area contributed by atoms with Gasteiger partial charge in [0.2, 0.25) is 5.91 Å². The van der Waals surface area contributed by atoms with Gasteiger partial charge in [-0.2, -0.15) is 10.4 Å². The first-order valence-electron chi connectivity index (χ1n) is 9.51. The monoisotopic (exact) mass is 423 g/mol. The SMILES string of the molecule is CC(C)C(=O)Nc1cc(C#N)ccc1-c1cc2n(n1)CCN(CNC(=O)C(N)=O)C2=O. The van der Waals surface area contributed by atoms with Crippen LogP contribution in [0.15, 0.2) is 24.3 Å². The average Bonchev–Trinajstić information content (AvgIpc) is 3.17. The van der Waals surface area contributed by atoms with Crippen molar-refractivity contribution in [3.8, 4) is 17.3 Å². The minimum absolute atomic E-state index is 0.159. The van der Waals surface area contributed by atoms with Gasteiger partial charge in [-0.05, 0) is 24.3 Å². The van der Waals surface area contributed by atoms with Crippen LogP contribution in [0, 0.1) is 17.2 Å². The van der Waals surface area contributed by atoms with Crippen molar-refractivity contribution >= 4 is 29.3 Å². The van der Waals surface area contributed by atoms with Crippen molar-refractivity contribution < 1.29 is 19.2 Å². The minimum Gasteiger partial charge on any atom is -0.361 e. The summed E-state index contributed by atoms with van der Waals surface area (Å²) in [6, 6.07) is 8.44. The molecule has 0 saturated carbocycles. The number of carbonyl (C=O) groups is 4. The number of carbonyl (C=O) groups excluding carboxylic acids is 4. The molecule has 0 fully saturated rings. The summed E-state index contributed by atoms with van der Waals surface area (Å²) in [4.78, 5) is 48.6. The maximum Gasteiger partial charge on any atom is 0.310 e. The zero-order chi connectivity index (χ0) is 22.7. The van der Waals surface area contributed by atoms with E-state index in [0.717, 1.165) is 0 Å². The highest BCUT2D eigenvalue weighted by Crippen LogP contribution is 2.30. The molecule has 1 aliphatic rings. The quantitative estimate of drug-likeness (QED) is 0.574. The Morgan fingerprint density at radius 2 is 2.00 bits per heavy atom. The normalized spacial score (nSPS) is 12.8. The molecule has 0 radical (unpaired) electrons. The second-order valence-electron chi connectivity index (χ2n) is 7.25. The molecule has 11 heteroatoms. The molecule has 2 heterocycles. The van der Waals surface area contributed by atoms with Gasteiger partial charge in [-0.1, -0.05) is 13.8 Å². The van der Waals surface area contributed by atoms with Gasteiger partial charge in [0.05, 0.1) is 36.2 Å². The zero-order valence-corrected chi connectivity index (χ0v) is 17.0. The molecule has 1 aromatic carbocycles. The summed E-state index contributed by atoms with van der Waals surface area (Å²) < 4.78 is 1.54. The molecule has 0 aliphatic carbocycles. The number of nitriles is 1. The molecule has 1 aliphatic heterocycles. The number of nitrogens with one attached hydrogen (secondary N) is 2. The van der Waals surface area contributed by atoms with E-state index in [2.05, 4.69) is 15.7 Å². The summed E-state index contributed by atoms with van der Waals surface area (Å²) in [5, 5.41) is 18.8. The number of fused-ring (bicyclic) bond motifs is 1. The highest BCUT2D eigenvalue weighted by Gasteiger charge is 2.28. The summed E-state index contributed by atoms with van der Waals surface area (Å²) >= 11 is 0. The van der Waals surface area contributed by atoms with Gasteiger partial charge < -0.3 is 21.3 Å². The third-order valence-electron chi connectivity index (χ3n) is 4.73. The number of primary amides is 1. The number of benzene rings is 1. The fourth-order valence-electron chi connectivity index (χ4n) is 2.99. The van der Waals surface area contributed by atoms with Crippen LogP contribution in [0.25, 0.3) is 11.3 Å². The van der Waals surface area contributed by atoms with Crippen LogP contribution in [-0.2, 0) is 20.9 Å². The van der Waals surface area contributed by atoms with Crippen molar-refractivity contribution in [3.63, 3.8) is 0 Å². The third-order valence-corrected chi connectivity index (χ3v) is 4.73. The number of anilines is 1. The lowest BCUT2D eigenvalue weighted by Crippen LogP contribution is -2.48. The van der Waals surface area contributed by atoms with E-state index in [0.29, 0.717) is 34.7 Å². The maximum absolute atomic E-state index is 12.8. The minimum atomic E-state index is -1.13. The molecule has 31 heavy (non-hydrogen) atoms. The maximum atomic E-state index is 12.8. The molecule has 3 rings (SSSR count). The van der Waals surface area contributed by atoms with Gasteiger partial charge in [-0.25, -0.2) is 0 Å². The van der Waals surface area contributed by atoms with Gasteiger partial charge in [0.1, 0.15) is 5.69 Å². The lowest BCUT2D eigenvalue weighted by Gasteiger charge is -2.27. The fraction of sp³-hybridized carbons (Fsp3) is 0.300. The highest BCUT2D eigenvalue weighted by molar-refractivity contribution is 6.34. The first-order chi connectivity index (χ1) is 14.7. The molecule has 4 N–H and O–H groups in total. The Kier molecular flexibility index (Phi) is 6.01. The Bertz CT molecular complexity index is 1110. The lowest BCUT2D eigenvalue weighted by atomic mass is 10.1. The van der Waals surface area contributed by atoms with E-state index in [1.54, 1.807) is 38.1 Å². The highest BCUT2D eigenvalue weighted by atomic mass is 16.2. The molecule has 160 valence electrons. The number of aromatic nitrogens is 2. The Hall–Kier alpha value is -4.20. The number of hydrogen-bond acceptors (Lipinski definition) is 6. The van der Waals surface area contributed by atoms with Crippen molar-refractivity contribution in [2.45, 2.75) is 20.4 Å². The Morgan fingerprint density at radius 3 is 2.65 bits per heavy atom. The number of nitrogens with two attached hydrogens (primary N) is 1. The van der Waals surface area contributed by atoms with Crippen LogP contribution in [0.2, 0.25) is 0 Å². The summed E-state index contributed by atoms with van der Waals surface area (Å²) in [5.41, 5.74) is 7.01. The molecule has 1 aromatic heterocycles. The zero-order valence-electron chi connectivity index (χ0n) is 17.0. The molecule has 0 bridgehead atoms. The van der Waals surface area contributed by atoms with Crippen molar-refractivity contribution in [2.75, 3.05) is 18.5 Å². The second-order valence-corrected chi connectivity index (χ2v) is 7.25. The summed E-state index contributed by atoms with van der Waals surface area (Å²) in [6.07, 6.45) is 0. The van der Waals surface area contributed by atoms with E-state index in [-0.39, 0.29) is 30.9 Å². The van der Waals surface area contributed by atoms with E-state index in [1.165, 1.54) is 9.58 Å². The number of amides is 4. The smallest absolute Gasteiger partial charge is 0.310 e. The molecular weight excluding hydrogens is 402 g/mol. The van der Waals surface area contributed by atoms with Crippen LogP contribution in [-0.4, -0.2) is 51.5 Å². The van der Waals surface area contributed by atoms with E-state index >= 15 is 0 Å². The predicted molar refractivity (Wildman–Crippen MR) is 109 cm³/mol. The van der Waals surface area contributed by atoms with Gasteiger partial charge in [-0.15, -0.1) is 0 Å². The summed E-state index contributed by atoms with van der Waals surface area (Å²) in [7, 11) is 0. The van der Waals surface area contributed by atoms with Crippen LogP contribution in [0.3, 0.4) is 0 Å². The van der Waals surface area contributed by atoms with Crippen LogP contribution in [0.4, 0.5) is 5.69 Å². The van der Waals surface area contributed by atoms with Crippen LogP contribution < -0.4 is 16.4 Å². The van der Waals surface area contributed by atoms with Crippen LogP contribution in [0.1, 0.15) is 29.9 Å². The second kappa shape index (κ2) is 8.66. The third kappa shape index (κ3) is 4.53. The molecule has 4 amide bonds. The van der Waals surface area contributed by atoms with Gasteiger partial charge >= 0.3 is 11.8 Å². The molecule has 0 unspecified atom stereocenters. The average molecular weight is 423 g/mol. The van der Waals surface area contributed by atoms with Gasteiger partial charge in [0, 0.05) is 18.0 Å². The molecule has 2 aromatic rings. The molecule has 0 spiro atoms. The van der Waals surface area contributed by atoms with Crippen LogP contribution >= 0.6 is 0 Å². The Morgan fingerprint density at radius 1 is 1.26 bits per heavy atom. The molecule has 0 atom stereocenters. The van der Waals surface area contributed by atoms with Crippen molar-refractivity contribution in [3.05, 3.63) is 35.5 Å². The number of hydrogen-bond donors (Lipinski definition) is 3. The summed E-state index contributed by atoms with van der Waals surface area (Å²) in [5.74, 6) is -2.97. The van der Waals surface area contributed by atoms with E-state index in [1.807, 2.05) is 6.07 Å². The molecular formula is C20H21N7O4. The van der Waals surface area contributed by atoms with E-state index < -0.39 is 11.8 Å². The van der Waals surface area contributed by atoms with Gasteiger partial charge in [0.15, 0.2) is 0 Å². The molecule has 11 nitrogen and oxygen atoms in total. The number of nitrogens with zero attached hydrogens (tertiary/aromatic N) is 4. The topological polar surface area (TPSA) is 163 Å². The first-order valence-corrected chi connectivity index (χ1v) is 9.51. The Labute approximate surface area is 177 Å². The number of rotatable bonds is 5. The van der Waals surface area contributed by atoms with Gasteiger partial charge in [0.25, 0.3) is 5.91 Å². The van der Waals surface area contributed by atoms with Crippen molar-refractivity contribution in [1.29, 1.82) is 5.26 Å². The van der Waals surface area contributed by atoms with Gasteiger partial charge in [-0.3, -0.25) is 23.9 Å². The van der Waals surface area contributed by atoms with Crippen molar-refractivity contribution in [1.82, 2.24) is 20.0 Å². The predicted octanol–water partition coefficient (Wildman–Crippen LogP) is 0.0311. The van der Waals surface area contributed by atoms with E-state index in [4.69, 9.17) is 5.73 Å². The fourth-order valence-corrected chi connectivity index (χ4v) is 2.99. The van der Waals surface area contributed by atoms with Crippen LogP contribution in [0.5, 0.6) is 0 Å². The lowest BCUT2D eigenvalue weighted by molar-refractivity contribution is -0.137. The Balaban J connectivity index is 1.89. The van der Waals surface area contributed by atoms with E-state index in [9.17, 15) is 24.4 Å². The summed E-state index contributed by atoms with van der Waals surface area (Å²) in [6.45, 7) is 3.99. The first kappa shape index (κ1) is 21.5. The van der Waals surface area contributed by atoms with Crippen molar-refractivity contribution in [2.24, 2.45) is 11.7 Å². The largest absolute Gasteiger partial charge is 0.361 e. The molecule has 0 saturated heterocycles.